The maximum atomic E-state index is 12.7. The Hall–Kier alpha value is -2.09. The van der Waals surface area contributed by atoms with Gasteiger partial charge >= 0.3 is 5.97 Å². The number of nitrogens with zero attached hydrogens (tertiary/aromatic N) is 1. The molecule has 1 fully saturated rings. The molecule has 26 heavy (non-hydrogen) atoms. The lowest BCUT2D eigenvalue weighted by atomic mass is 10.1. The first-order valence-corrected chi connectivity index (χ1v) is 9.97. The number of ether oxygens (including phenoxy) is 1. The Morgan fingerprint density at radius 3 is 2.42 bits per heavy atom. The molecule has 1 aliphatic rings. The minimum atomic E-state index is -0.359. The fourth-order valence-electron chi connectivity index (χ4n) is 3.07. The van der Waals surface area contributed by atoms with Gasteiger partial charge in [-0.3, -0.25) is 4.79 Å². The summed E-state index contributed by atoms with van der Waals surface area (Å²) in [4.78, 5) is 26.0. The molecule has 0 radical (unpaired) electrons. The Kier molecular flexibility index (Phi) is 5.80. The van der Waals surface area contributed by atoms with Crippen molar-refractivity contribution < 1.29 is 14.3 Å². The molecule has 0 saturated carbocycles. The van der Waals surface area contributed by atoms with Crippen molar-refractivity contribution in [3.8, 4) is 0 Å². The van der Waals surface area contributed by atoms with Gasteiger partial charge in [-0.2, -0.15) is 0 Å². The number of methoxy groups -OCH3 is 1. The Balaban J connectivity index is 1.71. The van der Waals surface area contributed by atoms with Gasteiger partial charge in [-0.1, -0.05) is 41.6 Å². The highest BCUT2D eigenvalue weighted by Gasteiger charge is 2.37. The number of benzene rings is 2. The van der Waals surface area contributed by atoms with Gasteiger partial charge in [0, 0.05) is 22.3 Å². The van der Waals surface area contributed by atoms with Crippen molar-refractivity contribution in [1.82, 2.24) is 0 Å². The Labute approximate surface area is 166 Å². The van der Waals surface area contributed by atoms with Crippen molar-refractivity contribution in [1.29, 1.82) is 0 Å². The maximum absolute atomic E-state index is 12.7. The zero-order valence-corrected chi connectivity index (χ0v) is 16.9. The zero-order valence-electron chi connectivity index (χ0n) is 14.7. The predicted octanol–water partition coefficient (Wildman–Crippen LogP) is 3.87. The predicted molar refractivity (Wildman–Crippen MR) is 111 cm³/mol. The molecule has 3 rings (SSSR count). The lowest BCUT2D eigenvalue weighted by Gasteiger charge is -2.18. The fraction of sp³-hybridized carbons (Fsp3) is 0.300. The molecule has 1 amide bonds. The second-order valence-corrected chi connectivity index (χ2v) is 7.12. The first-order chi connectivity index (χ1) is 12.5. The van der Waals surface area contributed by atoms with Gasteiger partial charge < -0.3 is 15.0 Å². The third kappa shape index (κ3) is 3.85. The SMILES string of the molecule is COC(=O)c1ccc(NC2CN(c3ccc(CI)cc3)C(=O)C2C)cc1. The van der Waals surface area contributed by atoms with E-state index in [1.54, 1.807) is 12.1 Å². The summed E-state index contributed by atoms with van der Waals surface area (Å²) in [5.41, 5.74) is 3.56. The molecule has 2 aromatic rings. The summed E-state index contributed by atoms with van der Waals surface area (Å²) in [6.07, 6.45) is 0. The van der Waals surface area contributed by atoms with Gasteiger partial charge in [0.15, 0.2) is 0 Å². The number of amides is 1. The summed E-state index contributed by atoms with van der Waals surface area (Å²) in [7, 11) is 1.36. The van der Waals surface area contributed by atoms with Gasteiger partial charge in [0.25, 0.3) is 0 Å². The van der Waals surface area contributed by atoms with Crippen LogP contribution in [0.4, 0.5) is 11.4 Å². The third-order valence-electron chi connectivity index (χ3n) is 4.70. The number of rotatable bonds is 5. The van der Waals surface area contributed by atoms with Crippen LogP contribution in [-0.2, 0) is 14.0 Å². The van der Waals surface area contributed by atoms with Crippen LogP contribution in [0.25, 0.3) is 0 Å². The Morgan fingerprint density at radius 2 is 1.85 bits per heavy atom. The summed E-state index contributed by atoms with van der Waals surface area (Å²) in [6.45, 7) is 2.56. The first-order valence-electron chi connectivity index (χ1n) is 8.44. The van der Waals surface area contributed by atoms with Crippen LogP contribution < -0.4 is 10.2 Å². The number of esters is 1. The summed E-state index contributed by atoms with van der Waals surface area (Å²) < 4.78 is 5.66. The van der Waals surface area contributed by atoms with E-state index in [0.717, 1.165) is 15.8 Å². The van der Waals surface area contributed by atoms with Gasteiger partial charge in [-0.25, -0.2) is 4.79 Å². The molecule has 1 N–H and O–H groups in total. The van der Waals surface area contributed by atoms with Crippen molar-refractivity contribution >= 4 is 45.8 Å². The average Bonchev–Trinajstić information content (AvgIpc) is 2.96. The van der Waals surface area contributed by atoms with Gasteiger partial charge in [0.2, 0.25) is 5.91 Å². The van der Waals surface area contributed by atoms with Crippen LogP contribution in [0.2, 0.25) is 0 Å². The molecule has 0 aromatic heterocycles. The lowest BCUT2D eigenvalue weighted by Crippen LogP contribution is -2.28. The van der Waals surface area contributed by atoms with Crippen molar-refractivity contribution in [3.63, 3.8) is 0 Å². The number of anilines is 2. The molecule has 2 unspecified atom stereocenters. The number of hydrogen-bond acceptors (Lipinski definition) is 4. The molecule has 5 nitrogen and oxygen atoms in total. The second kappa shape index (κ2) is 8.07. The van der Waals surface area contributed by atoms with Gasteiger partial charge in [0.1, 0.15) is 0 Å². The van der Waals surface area contributed by atoms with E-state index < -0.39 is 0 Å². The monoisotopic (exact) mass is 464 g/mol. The number of hydrogen-bond donors (Lipinski definition) is 1. The van der Waals surface area contributed by atoms with E-state index in [9.17, 15) is 9.59 Å². The molecule has 1 saturated heterocycles. The molecule has 1 heterocycles. The van der Waals surface area contributed by atoms with E-state index in [1.807, 2.05) is 36.1 Å². The zero-order chi connectivity index (χ0) is 18.7. The minimum Gasteiger partial charge on any atom is -0.465 e. The van der Waals surface area contributed by atoms with Crippen LogP contribution in [0.3, 0.4) is 0 Å². The number of nitrogens with one attached hydrogen (secondary N) is 1. The van der Waals surface area contributed by atoms with Crippen LogP contribution in [0.5, 0.6) is 0 Å². The van der Waals surface area contributed by atoms with E-state index in [1.165, 1.54) is 12.7 Å². The highest BCUT2D eigenvalue weighted by Crippen LogP contribution is 2.28. The van der Waals surface area contributed by atoms with Crippen molar-refractivity contribution in [2.45, 2.75) is 17.4 Å². The summed E-state index contributed by atoms with van der Waals surface area (Å²) >= 11 is 2.33. The number of carbonyl (C=O) groups excluding carboxylic acids is 2. The molecule has 0 aliphatic carbocycles. The number of halogens is 1. The molecule has 0 bridgehead atoms. The smallest absolute Gasteiger partial charge is 0.337 e. The number of carbonyl (C=O) groups is 2. The molecule has 136 valence electrons. The largest absolute Gasteiger partial charge is 0.465 e. The van der Waals surface area contributed by atoms with E-state index in [2.05, 4.69) is 40.0 Å². The summed E-state index contributed by atoms with van der Waals surface area (Å²) in [5.74, 6) is -0.363. The molecule has 6 heteroatoms. The summed E-state index contributed by atoms with van der Waals surface area (Å²) in [6, 6.07) is 15.3. The van der Waals surface area contributed by atoms with E-state index in [4.69, 9.17) is 4.74 Å². The second-order valence-electron chi connectivity index (χ2n) is 6.36. The molecular weight excluding hydrogens is 443 g/mol. The third-order valence-corrected chi connectivity index (χ3v) is 5.58. The lowest BCUT2D eigenvalue weighted by molar-refractivity contribution is -0.120. The van der Waals surface area contributed by atoms with Crippen LogP contribution >= 0.6 is 22.6 Å². The van der Waals surface area contributed by atoms with Gasteiger partial charge in [0.05, 0.1) is 24.6 Å². The van der Waals surface area contributed by atoms with Crippen molar-refractivity contribution in [3.05, 3.63) is 59.7 Å². The van der Waals surface area contributed by atoms with Gasteiger partial charge in [-0.15, -0.1) is 0 Å². The van der Waals surface area contributed by atoms with Crippen molar-refractivity contribution in [2.24, 2.45) is 5.92 Å². The Bertz CT molecular complexity index is 790. The molecule has 2 aromatic carbocycles. The van der Waals surface area contributed by atoms with E-state index >= 15 is 0 Å². The standard InChI is InChI=1S/C20H21IN2O3/c1-13-18(22-16-7-5-15(6-8-16)20(25)26-2)12-23(19(13)24)17-9-3-14(11-21)4-10-17/h3-10,13,18,22H,11-12H2,1-2H3. The van der Waals surface area contributed by atoms with Crippen LogP contribution in [0, 0.1) is 5.92 Å². The maximum Gasteiger partial charge on any atom is 0.337 e. The highest BCUT2D eigenvalue weighted by atomic mass is 127. The molecule has 0 spiro atoms. The molecule has 1 aliphatic heterocycles. The van der Waals surface area contributed by atoms with Gasteiger partial charge in [-0.05, 0) is 42.0 Å². The quantitative estimate of drug-likeness (QED) is 0.415. The van der Waals surface area contributed by atoms with E-state index in [0.29, 0.717) is 12.1 Å². The molecule has 2 atom stereocenters. The first kappa shape index (κ1) is 18.7. The fourth-order valence-corrected chi connectivity index (χ4v) is 3.57. The van der Waals surface area contributed by atoms with Crippen LogP contribution in [0.15, 0.2) is 48.5 Å². The normalized spacial score (nSPS) is 19.5. The average molecular weight is 464 g/mol. The highest BCUT2D eigenvalue weighted by molar-refractivity contribution is 14.1. The van der Waals surface area contributed by atoms with Crippen LogP contribution in [-0.4, -0.2) is 31.6 Å². The number of alkyl halides is 1. The minimum absolute atomic E-state index is 0.00993. The summed E-state index contributed by atoms with van der Waals surface area (Å²) in [5, 5.41) is 3.41. The van der Waals surface area contributed by atoms with Crippen LogP contribution in [0.1, 0.15) is 22.8 Å². The Morgan fingerprint density at radius 1 is 1.19 bits per heavy atom. The molecular formula is C20H21IN2O3. The topological polar surface area (TPSA) is 58.6 Å². The van der Waals surface area contributed by atoms with Crippen molar-refractivity contribution in [2.75, 3.05) is 23.9 Å². The van der Waals surface area contributed by atoms with E-state index in [-0.39, 0.29) is 23.8 Å².